The molecule has 0 spiro atoms. The molecule has 1 N–H and O–H groups in total. The van der Waals surface area contributed by atoms with Crippen LogP contribution < -0.4 is 5.32 Å². The Morgan fingerprint density at radius 3 is 2.53 bits per heavy atom. The molecule has 0 aliphatic rings. The first-order valence-corrected chi connectivity index (χ1v) is 10.7. The number of amides is 1. The Labute approximate surface area is 178 Å². The summed E-state index contributed by atoms with van der Waals surface area (Å²) in [5, 5.41) is 11.8. The van der Waals surface area contributed by atoms with Gasteiger partial charge in [0.2, 0.25) is 5.91 Å². The van der Waals surface area contributed by atoms with Crippen LogP contribution in [0.4, 0.5) is 8.78 Å². The predicted molar refractivity (Wildman–Crippen MR) is 114 cm³/mol. The molecule has 1 heterocycles. The maximum atomic E-state index is 14.2. The first kappa shape index (κ1) is 22.0. The van der Waals surface area contributed by atoms with E-state index in [1.165, 1.54) is 30.0 Å². The molecule has 0 radical (unpaired) electrons. The van der Waals surface area contributed by atoms with Gasteiger partial charge in [0.25, 0.3) is 0 Å². The van der Waals surface area contributed by atoms with Crippen molar-refractivity contribution >= 4 is 17.7 Å². The van der Waals surface area contributed by atoms with Crippen molar-refractivity contribution in [2.75, 3.05) is 12.3 Å². The third kappa shape index (κ3) is 5.89. The molecule has 0 fully saturated rings. The summed E-state index contributed by atoms with van der Waals surface area (Å²) in [6.45, 7) is 5.19. The summed E-state index contributed by atoms with van der Waals surface area (Å²) in [5.74, 6) is 0.172. The SMILES string of the molecule is CC(C)Cn1c(SCC(=O)NCCc2ccc(F)cc2)nnc1-c1ccccc1F. The topological polar surface area (TPSA) is 59.8 Å². The van der Waals surface area contributed by atoms with Crippen LogP contribution in [0, 0.1) is 17.6 Å². The van der Waals surface area contributed by atoms with E-state index in [-0.39, 0.29) is 23.3 Å². The summed E-state index contributed by atoms with van der Waals surface area (Å²) in [5.41, 5.74) is 1.34. The third-order valence-electron chi connectivity index (χ3n) is 4.36. The van der Waals surface area contributed by atoms with Crippen LogP contribution in [0.25, 0.3) is 11.4 Å². The molecule has 0 aliphatic heterocycles. The summed E-state index contributed by atoms with van der Waals surface area (Å²) < 4.78 is 29.0. The number of hydrogen-bond donors (Lipinski definition) is 1. The van der Waals surface area contributed by atoms with E-state index in [1.807, 2.05) is 4.57 Å². The fourth-order valence-corrected chi connectivity index (χ4v) is 3.72. The number of hydrogen-bond acceptors (Lipinski definition) is 4. The van der Waals surface area contributed by atoms with Gasteiger partial charge in [-0.25, -0.2) is 8.78 Å². The summed E-state index contributed by atoms with van der Waals surface area (Å²) >= 11 is 1.27. The largest absolute Gasteiger partial charge is 0.355 e. The highest BCUT2D eigenvalue weighted by Crippen LogP contribution is 2.26. The van der Waals surface area contributed by atoms with Gasteiger partial charge in [-0.2, -0.15) is 0 Å². The van der Waals surface area contributed by atoms with Crippen LogP contribution in [-0.4, -0.2) is 33.0 Å². The molecule has 5 nitrogen and oxygen atoms in total. The van der Waals surface area contributed by atoms with Crippen LogP contribution in [0.2, 0.25) is 0 Å². The number of carbonyl (C=O) groups is 1. The lowest BCUT2D eigenvalue weighted by Gasteiger charge is -2.13. The standard InChI is InChI=1S/C22H24F2N4OS/c1-15(2)13-28-21(18-5-3-4-6-19(18)24)26-27-22(28)30-14-20(29)25-12-11-16-7-9-17(23)10-8-16/h3-10,15H,11-14H2,1-2H3,(H,25,29). The van der Waals surface area contributed by atoms with E-state index in [0.717, 1.165) is 5.56 Å². The molecule has 2 aromatic carbocycles. The zero-order valence-corrected chi connectivity index (χ0v) is 17.8. The fourth-order valence-electron chi connectivity index (χ4n) is 2.95. The van der Waals surface area contributed by atoms with Gasteiger partial charge in [-0.3, -0.25) is 4.79 Å². The van der Waals surface area contributed by atoms with E-state index in [4.69, 9.17) is 0 Å². The van der Waals surface area contributed by atoms with Crippen LogP contribution >= 0.6 is 11.8 Å². The van der Waals surface area contributed by atoms with Gasteiger partial charge in [0.15, 0.2) is 11.0 Å². The molecule has 0 unspecified atom stereocenters. The second-order valence-corrected chi connectivity index (χ2v) is 8.25. The van der Waals surface area contributed by atoms with Gasteiger partial charge >= 0.3 is 0 Å². The normalized spacial score (nSPS) is 11.1. The number of carbonyl (C=O) groups excluding carboxylic acids is 1. The minimum Gasteiger partial charge on any atom is -0.355 e. The monoisotopic (exact) mass is 430 g/mol. The Bertz CT molecular complexity index is 989. The van der Waals surface area contributed by atoms with Crippen LogP contribution in [0.1, 0.15) is 19.4 Å². The van der Waals surface area contributed by atoms with Crippen LogP contribution in [0.15, 0.2) is 53.7 Å². The van der Waals surface area contributed by atoms with Crippen molar-refractivity contribution in [2.45, 2.75) is 32.0 Å². The molecule has 0 atom stereocenters. The van der Waals surface area contributed by atoms with Gasteiger partial charge in [0.05, 0.1) is 11.3 Å². The Hall–Kier alpha value is -2.74. The number of benzene rings is 2. The maximum absolute atomic E-state index is 14.2. The van der Waals surface area contributed by atoms with Crippen molar-refractivity contribution in [1.29, 1.82) is 0 Å². The Balaban J connectivity index is 1.61. The number of nitrogens with zero attached hydrogens (tertiary/aromatic N) is 3. The van der Waals surface area contributed by atoms with Gasteiger partial charge < -0.3 is 9.88 Å². The van der Waals surface area contributed by atoms with Gasteiger partial charge in [0.1, 0.15) is 11.6 Å². The smallest absolute Gasteiger partial charge is 0.230 e. The molecule has 1 amide bonds. The summed E-state index contributed by atoms with van der Waals surface area (Å²) in [7, 11) is 0. The van der Waals surface area contributed by atoms with Gasteiger partial charge in [-0.1, -0.05) is 49.9 Å². The molecule has 3 aromatic rings. The highest BCUT2D eigenvalue weighted by Gasteiger charge is 2.18. The molecule has 1 aromatic heterocycles. The number of rotatable bonds is 9. The Kier molecular flexibility index (Phi) is 7.57. The fraction of sp³-hybridized carbons (Fsp3) is 0.318. The van der Waals surface area contributed by atoms with Crippen LogP contribution in [0.3, 0.4) is 0 Å². The summed E-state index contributed by atoms with van der Waals surface area (Å²) in [6, 6.07) is 12.7. The summed E-state index contributed by atoms with van der Waals surface area (Å²) in [4.78, 5) is 12.2. The van der Waals surface area contributed by atoms with Crippen molar-refractivity contribution in [2.24, 2.45) is 5.92 Å². The van der Waals surface area contributed by atoms with Crippen molar-refractivity contribution in [3.8, 4) is 11.4 Å². The van der Waals surface area contributed by atoms with Crippen molar-refractivity contribution in [3.63, 3.8) is 0 Å². The number of halogens is 2. The maximum Gasteiger partial charge on any atom is 0.230 e. The average molecular weight is 431 g/mol. The molecule has 158 valence electrons. The number of nitrogens with one attached hydrogen (secondary N) is 1. The molecular formula is C22H24F2N4OS. The molecule has 8 heteroatoms. The Morgan fingerprint density at radius 1 is 1.10 bits per heavy atom. The van der Waals surface area contributed by atoms with E-state index in [9.17, 15) is 13.6 Å². The van der Waals surface area contributed by atoms with E-state index >= 15 is 0 Å². The van der Waals surface area contributed by atoms with E-state index < -0.39 is 0 Å². The Morgan fingerprint density at radius 2 is 1.83 bits per heavy atom. The van der Waals surface area contributed by atoms with E-state index in [0.29, 0.717) is 42.0 Å². The highest BCUT2D eigenvalue weighted by molar-refractivity contribution is 7.99. The van der Waals surface area contributed by atoms with Gasteiger partial charge in [0, 0.05) is 13.1 Å². The van der Waals surface area contributed by atoms with Crippen molar-refractivity contribution in [3.05, 3.63) is 65.7 Å². The van der Waals surface area contributed by atoms with Gasteiger partial charge in [-0.05, 0) is 42.2 Å². The van der Waals surface area contributed by atoms with Gasteiger partial charge in [-0.15, -0.1) is 10.2 Å². The number of aromatic nitrogens is 3. The first-order valence-electron chi connectivity index (χ1n) is 9.76. The second kappa shape index (κ2) is 10.3. The molecule has 0 saturated carbocycles. The van der Waals surface area contributed by atoms with E-state index in [1.54, 1.807) is 30.3 Å². The molecule has 0 aliphatic carbocycles. The second-order valence-electron chi connectivity index (χ2n) is 7.31. The lowest BCUT2D eigenvalue weighted by molar-refractivity contribution is -0.118. The molecule has 30 heavy (non-hydrogen) atoms. The minimum absolute atomic E-state index is 0.131. The first-order chi connectivity index (χ1) is 14.4. The third-order valence-corrected chi connectivity index (χ3v) is 5.33. The van der Waals surface area contributed by atoms with Crippen LogP contribution in [-0.2, 0) is 17.8 Å². The molecular weight excluding hydrogens is 406 g/mol. The van der Waals surface area contributed by atoms with Crippen LogP contribution in [0.5, 0.6) is 0 Å². The molecule has 3 rings (SSSR count). The minimum atomic E-state index is -0.356. The predicted octanol–water partition coefficient (Wildman–Crippen LogP) is 4.33. The molecule has 0 bridgehead atoms. The zero-order valence-electron chi connectivity index (χ0n) is 16.9. The summed E-state index contributed by atoms with van der Waals surface area (Å²) in [6.07, 6.45) is 0.623. The average Bonchev–Trinajstić information content (AvgIpc) is 3.10. The lowest BCUT2D eigenvalue weighted by Crippen LogP contribution is -2.27. The highest BCUT2D eigenvalue weighted by atomic mass is 32.2. The van der Waals surface area contributed by atoms with E-state index in [2.05, 4.69) is 29.4 Å². The number of thioether (sulfide) groups is 1. The van der Waals surface area contributed by atoms with Crippen molar-refractivity contribution in [1.82, 2.24) is 20.1 Å². The quantitative estimate of drug-likeness (QED) is 0.514. The zero-order chi connectivity index (χ0) is 21.5. The van der Waals surface area contributed by atoms with Crippen molar-refractivity contribution < 1.29 is 13.6 Å². The molecule has 0 saturated heterocycles. The lowest BCUT2D eigenvalue weighted by atomic mass is 10.1.